The van der Waals surface area contributed by atoms with Gasteiger partial charge in [-0.2, -0.15) is 8.78 Å². The first-order chi connectivity index (χ1) is 22.6. The lowest BCUT2D eigenvalue weighted by molar-refractivity contribution is -0.274. The summed E-state index contributed by atoms with van der Waals surface area (Å²) in [5, 5.41) is 2.72. The van der Waals surface area contributed by atoms with Crippen LogP contribution in [0.25, 0.3) is 0 Å². The van der Waals surface area contributed by atoms with Gasteiger partial charge in [-0.1, -0.05) is 19.1 Å². The van der Waals surface area contributed by atoms with Crippen molar-refractivity contribution in [2.45, 2.75) is 49.4 Å². The Hall–Kier alpha value is -4.71. The van der Waals surface area contributed by atoms with Crippen LogP contribution < -0.4 is 25.4 Å². The SMILES string of the molecule is CCS(=O)(=O)c1ccc([C@H](COC(N)=O)NC(=O)c2ccc(N3C[C@@H](Oc4ccc(OC(F)(F)F)cn4)C[C@H]3COC(F)F)cc2)cc1. The number of hydrogen-bond donors (Lipinski definition) is 2. The van der Waals surface area contributed by atoms with E-state index in [1.807, 2.05) is 0 Å². The van der Waals surface area contributed by atoms with Crippen LogP contribution in [-0.4, -0.2) is 76.0 Å². The molecule has 2 heterocycles. The fourth-order valence-electron chi connectivity index (χ4n) is 4.93. The predicted molar refractivity (Wildman–Crippen MR) is 159 cm³/mol. The van der Waals surface area contributed by atoms with E-state index in [0.717, 1.165) is 12.3 Å². The molecule has 0 spiro atoms. The molecule has 1 aromatic heterocycles. The molecular weight excluding hydrogens is 671 g/mol. The van der Waals surface area contributed by atoms with Crippen LogP contribution in [-0.2, 0) is 19.3 Å². The smallest absolute Gasteiger partial charge is 0.472 e. The van der Waals surface area contributed by atoms with Gasteiger partial charge in [-0.25, -0.2) is 18.2 Å². The maximum atomic E-state index is 13.2. The zero-order valence-corrected chi connectivity index (χ0v) is 26.0. The topological polar surface area (TPSA) is 159 Å². The van der Waals surface area contributed by atoms with Gasteiger partial charge < -0.3 is 34.9 Å². The quantitative estimate of drug-likeness (QED) is 0.227. The lowest BCUT2D eigenvalue weighted by atomic mass is 10.1. The molecule has 0 unspecified atom stereocenters. The van der Waals surface area contributed by atoms with Crippen molar-refractivity contribution in [1.29, 1.82) is 0 Å². The molecular formula is C30H31F5N4O8S. The Balaban J connectivity index is 1.46. The maximum Gasteiger partial charge on any atom is 0.573 e. The van der Waals surface area contributed by atoms with Crippen LogP contribution in [0.4, 0.5) is 32.4 Å². The Morgan fingerprint density at radius 2 is 1.75 bits per heavy atom. The Labute approximate surface area is 271 Å². The number of anilines is 1. The summed E-state index contributed by atoms with van der Waals surface area (Å²) in [5.41, 5.74) is 6.26. The molecule has 2 amide bonds. The molecule has 3 aromatic rings. The summed E-state index contributed by atoms with van der Waals surface area (Å²) in [5.74, 6) is -1.22. The van der Waals surface area contributed by atoms with Crippen molar-refractivity contribution in [2.24, 2.45) is 5.73 Å². The van der Waals surface area contributed by atoms with E-state index < -0.39 is 58.7 Å². The highest BCUT2D eigenvalue weighted by atomic mass is 32.2. The molecule has 1 fully saturated rings. The molecule has 1 aliphatic rings. The normalized spacial score (nSPS) is 17.2. The number of nitrogens with zero attached hydrogens (tertiary/aromatic N) is 2. The van der Waals surface area contributed by atoms with Gasteiger partial charge in [0.2, 0.25) is 5.88 Å². The van der Waals surface area contributed by atoms with E-state index in [-0.39, 0.29) is 48.3 Å². The van der Waals surface area contributed by atoms with Crippen LogP contribution >= 0.6 is 0 Å². The first-order valence-corrected chi connectivity index (χ1v) is 16.0. The van der Waals surface area contributed by atoms with Gasteiger partial charge in [0.25, 0.3) is 5.91 Å². The highest BCUT2D eigenvalue weighted by Gasteiger charge is 2.35. The van der Waals surface area contributed by atoms with Gasteiger partial charge in [0.05, 0.1) is 42.1 Å². The number of sulfone groups is 1. The van der Waals surface area contributed by atoms with Crippen LogP contribution in [0.5, 0.6) is 11.6 Å². The summed E-state index contributed by atoms with van der Waals surface area (Å²) in [6.45, 7) is -2.06. The van der Waals surface area contributed by atoms with Crippen molar-refractivity contribution in [1.82, 2.24) is 10.3 Å². The maximum absolute atomic E-state index is 13.2. The monoisotopic (exact) mass is 702 g/mol. The molecule has 1 saturated heterocycles. The average molecular weight is 703 g/mol. The number of hydrogen-bond acceptors (Lipinski definition) is 10. The number of nitrogens with two attached hydrogens (primary N) is 1. The Bertz CT molecular complexity index is 1640. The van der Waals surface area contributed by atoms with E-state index in [4.69, 9.17) is 15.2 Å². The summed E-state index contributed by atoms with van der Waals surface area (Å²) in [6, 6.07) is 12.6. The average Bonchev–Trinajstić information content (AvgIpc) is 3.44. The van der Waals surface area contributed by atoms with Crippen LogP contribution in [0, 0.1) is 0 Å². The second-order valence-corrected chi connectivity index (χ2v) is 12.7. The number of primary amides is 1. The van der Waals surface area contributed by atoms with Crippen LogP contribution in [0.2, 0.25) is 0 Å². The molecule has 48 heavy (non-hydrogen) atoms. The van der Waals surface area contributed by atoms with Crippen molar-refractivity contribution in [3.8, 4) is 11.6 Å². The minimum absolute atomic E-state index is 0.00609. The zero-order chi connectivity index (χ0) is 35.1. The van der Waals surface area contributed by atoms with Gasteiger partial charge in [0, 0.05) is 23.7 Å². The second kappa shape index (κ2) is 15.5. The minimum atomic E-state index is -4.89. The molecule has 1 aliphatic heterocycles. The van der Waals surface area contributed by atoms with Crippen molar-refractivity contribution >= 4 is 27.5 Å². The third-order valence-corrected chi connectivity index (χ3v) is 8.95. The lowest BCUT2D eigenvalue weighted by Gasteiger charge is -2.26. The third-order valence-electron chi connectivity index (χ3n) is 7.20. The Morgan fingerprint density at radius 3 is 2.31 bits per heavy atom. The largest absolute Gasteiger partial charge is 0.573 e. The molecule has 0 aliphatic carbocycles. The number of amides is 2. The zero-order valence-electron chi connectivity index (χ0n) is 25.2. The van der Waals surface area contributed by atoms with Gasteiger partial charge in [0.1, 0.15) is 18.5 Å². The summed E-state index contributed by atoms with van der Waals surface area (Å²) < 4.78 is 106. The number of halogens is 5. The molecule has 4 rings (SSSR count). The number of carbonyl (C=O) groups excluding carboxylic acids is 2. The fraction of sp³-hybridized carbons (Fsp3) is 0.367. The highest BCUT2D eigenvalue weighted by molar-refractivity contribution is 7.91. The molecule has 12 nitrogen and oxygen atoms in total. The summed E-state index contributed by atoms with van der Waals surface area (Å²) in [4.78, 5) is 30.1. The molecule has 3 atom stereocenters. The van der Waals surface area contributed by atoms with Gasteiger partial charge in [0.15, 0.2) is 9.84 Å². The number of benzene rings is 2. The summed E-state index contributed by atoms with van der Waals surface area (Å²) in [6.07, 6.45) is -5.53. The molecule has 0 saturated carbocycles. The number of nitrogens with one attached hydrogen (secondary N) is 1. The molecule has 0 bridgehead atoms. The highest BCUT2D eigenvalue weighted by Crippen LogP contribution is 2.30. The number of carbonyl (C=O) groups is 2. The van der Waals surface area contributed by atoms with Gasteiger partial charge in [-0.05, 0) is 48.0 Å². The van der Waals surface area contributed by atoms with Crippen molar-refractivity contribution in [3.63, 3.8) is 0 Å². The number of pyridine rings is 1. The van der Waals surface area contributed by atoms with E-state index in [0.29, 0.717) is 11.3 Å². The Morgan fingerprint density at radius 1 is 1.06 bits per heavy atom. The second-order valence-electron chi connectivity index (χ2n) is 10.4. The van der Waals surface area contributed by atoms with E-state index in [1.54, 1.807) is 17.0 Å². The first-order valence-electron chi connectivity index (χ1n) is 14.3. The molecule has 260 valence electrons. The number of ether oxygens (including phenoxy) is 4. The van der Waals surface area contributed by atoms with Crippen LogP contribution in [0.15, 0.2) is 71.8 Å². The molecule has 3 N–H and O–H groups in total. The summed E-state index contributed by atoms with van der Waals surface area (Å²) >= 11 is 0. The van der Waals surface area contributed by atoms with Crippen molar-refractivity contribution in [2.75, 3.05) is 30.4 Å². The lowest BCUT2D eigenvalue weighted by Crippen LogP contribution is -2.34. The van der Waals surface area contributed by atoms with E-state index in [2.05, 4.69) is 19.8 Å². The number of aromatic nitrogens is 1. The van der Waals surface area contributed by atoms with Crippen LogP contribution in [0.3, 0.4) is 0 Å². The number of alkyl halides is 5. The molecule has 2 aromatic carbocycles. The van der Waals surface area contributed by atoms with Gasteiger partial charge >= 0.3 is 19.1 Å². The standard InChI is InChI=1S/C30H31F5N4O8S/c1-2-48(42,43)24-10-5-18(6-11-24)25(17-45-29(36)41)38-27(40)19-3-7-20(8-4-19)39-15-23(13-21(39)16-44-28(31)32)46-26-12-9-22(14-37-26)47-30(33,34)35/h3-12,14,21,23,25,28H,2,13,15-17H2,1H3,(H2,36,41)(H,38,40)/t21-,23-,25-/m0/s1. The van der Waals surface area contributed by atoms with Gasteiger partial charge in [-0.3, -0.25) is 4.79 Å². The fourth-order valence-corrected chi connectivity index (χ4v) is 5.81. The predicted octanol–water partition coefficient (Wildman–Crippen LogP) is 4.61. The van der Waals surface area contributed by atoms with Gasteiger partial charge in [-0.15, -0.1) is 13.2 Å². The van der Waals surface area contributed by atoms with Crippen molar-refractivity contribution < 1.29 is 58.9 Å². The third kappa shape index (κ3) is 10.1. The van der Waals surface area contributed by atoms with Crippen molar-refractivity contribution in [3.05, 3.63) is 78.0 Å². The number of rotatable bonds is 14. The van der Waals surface area contributed by atoms with E-state index >= 15 is 0 Å². The summed E-state index contributed by atoms with van der Waals surface area (Å²) in [7, 11) is -3.47. The minimum Gasteiger partial charge on any atom is -0.472 e. The molecule has 0 radical (unpaired) electrons. The van der Waals surface area contributed by atoms with E-state index in [1.165, 1.54) is 49.4 Å². The van der Waals surface area contributed by atoms with Crippen LogP contribution in [0.1, 0.15) is 35.3 Å². The first kappa shape index (κ1) is 36.1. The Kier molecular flexibility index (Phi) is 11.6. The molecule has 18 heteroatoms. The van der Waals surface area contributed by atoms with E-state index in [9.17, 15) is 40.0 Å².